The molecular formula is C21H28N2O2S. The smallest absolute Gasteiger partial charge is 0.230 e. The van der Waals surface area contributed by atoms with Gasteiger partial charge in [-0.25, -0.2) is 0 Å². The van der Waals surface area contributed by atoms with E-state index in [2.05, 4.69) is 29.4 Å². The number of amides is 1. The summed E-state index contributed by atoms with van der Waals surface area (Å²) in [5.41, 5.74) is 2.26. The maximum atomic E-state index is 12.0. The number of carbonyl (C=O) groups is 1. The summed E-state index contributed by atoms with van der Waals surface area (Å²) in [4.78, 5) is 16.3. The number of hydrogen-bond donors (Lipinski definition) is 1. The van der Waals surface area contributed by atoms with Gasteiger partial charge in [0.25, 0.3) is 0 Å². The molecule has 2 rings (SSSR count). The van der Waals surface area contributed by atoms with Crippen LogP contribution in [0.4, 0.5) is 0 Å². The van der Waals surface area contributed by atoms with Crippen LogP contribution in [0.15, 0.2) is 48.7 Å². The van der Waals surface area contributed by atoms with Gasteiger partial charge in [-0.15, -0.1) is 11.8 Å². The molecule has 1 heterocycles. The SMILES string of the molecule is CC(CCc1ccc(OC(C)C)cc1)NC(=O)CSCc1ccccn1. The molecule has 140 valence electrons. The van der Waals surface area contributed by atoms with E-state index >= 15 is 0 Å². The summed E-state index contributed by atoms with van der Waals surface area (Å²) >= 11 is 1.59. The molecule has 0 fully saturated rings. The fourth-order valence-corrected chi connectivity index (χ4v) is 3.26. The highest BCUT2D eigenvalue weighted by Gasteiger charge is 2.08. The molecule has 0 saturated heterocycles. The first-order valence-corrected chi connectivity index (χ1v) is 10.2. The molecule has 0 radical (unpaired) electrons. The lowest BCUT2D eigenvalue weighted by molar-refractivity contribution is -0.119. The highest BCUT2D eigenvalue weighted by Crippen LogP contribution is 2.15. The van der Waals surface area contributed by atoms with Gasteiger partial charge in [0.1, 0.15) is 5.75 Å². The second-order valence-electron chi connectivity index (χ2n) is 6.63. The zero-order valence-electron chi connectivity index (χ0n) is 15.8. The number of pyridine rings is 1. The molecule has 1 amide bonds. The van der Waals surface area contributed by atoms with E-state index in [-0.39, 0.29) is 18.1 Å². The Morgan fingerprint density at radius 2 is 1.92 bits per heavy atom. The molecule has 26 heavy (non-hydrogen) atoms. The van der Waals surface area contributed by atoms with Crippen LogP contribution in [-0.4, -0.2) is 28.8 Å². The van der Waals surface area contributed by atoms with E-state index in [9.17, 15) is 4.79 Å². The van der Waals surface area contributed by atoms with Crippen molar-refractivity contribution < 1.29 is 9.53 Å². The molecule has 1 unspecified atom stereocenters. The highest BCUT2D eigenvalue weighted by molar-refractivity contribution is 7.99. The van der Waals surface area contributed by atoms with Crippen LogP contribution in [0.3, 0.4) is 0 Å². The van der Waals surface area contributed by atoms with Crippen LogP contribution < -0.4 is 10.1 Å². The van der Waals surface area contributed by atoms with Crippen molar-refractivity contribution in [3.63, 3.8) is 0 Å². The number of aromatic nitrogens is 1. The second kappa shape index (κ2) is 10.9. The summed E-state index contributed by atoms with van der Waals surface area (Å²) in [6, 6.07) is 14.2. The van der Waals surface area contributed by atoms with E-state index < -0.39 is 0 Å². The topological polar surface area (TPSA) is 51.2 Å². The van der Waals surface area contributed by atoms with E-state index in [1.807, 2.05) is 44.2 Å². The van der Waals surface area contributed by atoms with Crippen molar-refractivity contribution in [2.45, 2.75) is 51.5 Å². The Kier molecular flexibility index (Phi) is 8.48. The molecular weight excluding hydrogens is 344 g/mol. The van der Waals surface area contributed by atoms with Crippen LogP contribution in [0.1, 0.15) is 38.4 Å². The van der Waals surface area contributed by atoms with Crippen molar-refractivity contribution >= 4 is 17.7 Å². The molecule has 0 bridgehead atoms. The molecule has 0 aliphatic rings. The molecule has 0 saturated carbocycles. The van der Waals surface area contributed by atoms with Crippen molar-refractivity contribution in [2.24, 2.45) is 0 Å². The second-order valence-corrected chi connectivity index (χ2v) is 7.62. The van der Waals surface area contributed by atoms with Gasteiger partial charge in [0.15, 0.2) is 0 Å². The summed E-state index contributed by atoms with van der Waals surface area (Å²) in [6.45, 7) is 6.09. The van der Waals surface area contributed by atoms with Crippen molar-refractivity contribution in [1.82, 2.24) is 10.3 Å². The molecule has 0 aliphatic carbocycles. The third kappa shape index (κ3) is 7.91. The number of carbonyl (C=O) groups excluding carboxylic acids is 1. The summed E-state index contributed by atoms with van der Waals surface area (Å²) < 4.78 is 5.65. The van der Waals surface area contributed by atoms with Crippen LogP contribution >= 0.6 is 11.8 Å². The van der Waals surface area contributed by atoms with E-state index in [0.717, 1.165) is 30.0 Å². The van der Waals surface area contributed by atoms with Crippen molar-refractivity contribution in [1.29, 1.82) is 0 Å². The number of nitrogens with one attached hydrogen (secondary N) is 1. The predicted octanol–water partition coefficient (Wildman–Crippen LogP) is 4.24. The van der Waals surface area contributed by atoms with E-state index in [4.69, 9.17) is 4.74 Å². The summed E-state index contributed by atoms with van der Waals surface area (Å²) in [6.07, 6.45) is 3.82. The Balaban J connectivity index is 1.64. The molecule has 5 heteroatoms. The lowest BCUT2D eigenvalue weighted by Crippen LogP contribution is -2.34. The van der Waals surface area contributed by atoms with Gasteiger partial charge in [-0.3, -0.25) is 9.78 Å². The number of hydrogen-bond acceptors (Lipinski definition) is 4. The van der Waals surface area contributed by atoms with Gasteiger partial charge in [0, 0.05) is 18.0 Å². The number of thioether (sulfide) groups is 1. The molecule has 1 aromatic heterocycles. The van der Waals surface area contributed by atoms with E-state index in [0.29, 0.717) is 5.75 Å². The number of nitrogens with zero attached hydrogens (tertiary/aromatic N) is 1. The Labute approximate surface area is 160 Å². The summed E-state index contributed by atoms with van der Waals surface area (Å²) in [5, 5.41) is 3.07. The van der Waals surface area contributed by atoms with Gasteiger partial charge >= 0.3 is 0 Å². The third-order valence-electron chi connectivity index (χ3n) is 3.78. The lowest BCUT2D eigenvalue weighted by atomic mass is 10.1. The fraction of sp³-hybridized carbons (Fsp3) is 0.429. The number of aryl methyl sites for hydroxylation is 1. The van der Waals surface area contributed by atoms with Gasteiger partial charge in [0.05, 0.1) is 17.6 Å². The van der Waals surface area contributed by atoms with E-state index in [1.165, 1.54) is 5.56 Å². The van der Waals surface area contributed by atoms with Crippen molar-refractivity contribution in [2.75, 3.05) is 5.75 Å². The molecule has 4 nitrogen and oxygen atoms in total. The Bertz CT molecular complexity index is 659. The summed E-state index contributed by atoms with van der Waals surface area (Å²) in [5.74, 6) is 2.20. The van der Waals surface area contributed by atoms with Gasteiger partial charge < -0.3 is 10.1 Å². The number of rotatable bonds is 10. The normalized spacial score (nSPS) is 12.0. The minimum Gasteiger partial charge on any atom is -0.491 e. The molecule has 1 aromatic carbocycles. The third-order valence-corrected chi connectivity index (χ3v) is 4.74. The fourth-order valence-electron chi connectivity index (χ4n) is 2.51. The summed E-state index contributed by atoms with van der Waals surface area (Å²) in [7, 11) is 0. The molecule has 1 N–H and O–H groups in total. The van der Waals surface area contributed by atoms with Crippen molar-refractivity contribution in [3.05, 3.63) is 59.9 Å². The van der Waals surface area contributed by atoms with E-state index in [1.54, 1.807) is 18.0 Å². The average molecular weight is 373 g/mol. The monoisotopic (exact) mass is 372 g/mol. The Morgan fingerprint density at radius 3 is 2.58 bits per heavy atom. The minimum atomic E-state index is 0.0825. The predicted molar refractivity (Wildman–Crippen MR) is 109 cm³/mol. The van der Waals surface area contributed by atoms with Gasteiger partial charge in [-0.05, 0) is 63.4 Å². The van der Waals surface area contributed by atoms with Gasteiger partial charge in [-0.1, -0.05) is 18.2 Å². The largest absolute Gasteiger partial charge is 0.491 e. The van der Waals surface area contributed by atoms with Crippen LogP contribution in [0.2, 0.25) is 0 Å². The minimum absolute atomic E-state index is 0.0825. The zero-order valence-corrected chi connectivity index (χ0v) is 16.6. The molecule has 1 atom stereocenters. The standard InChI is InChI=1S/C21H28N2O2S/c1-16(2)25-20-11-9-18(10-12-20)8-7-17(3)23-21(24)15-26-14-19-6-4-5-13-22-19/h4-6,9-13,16-17H,7-8,14-15H2,1-3H3,(H,23,24). The quantitative estimate of drug-likeness (QED) is 0.678. The highest BCUT2D eigenvalue weighted by atomic mass is 32.2. The maximum Gasteiger partial charge on any atom is 0.230 e. The first-order valence-electron chi connectivity index (χ1n) is 9.05. The number of benzene rings is 1. The Hall–Kier alpha value is -2.01. The Morgan fingerprint density at radius 1 is 1.15 bits per heavy atom. The first-order chi connectivity index (χ1) is 12.5. The zero-order chi connectivity index (χ0) is 18.8. The molecule has 0 spiro atoms. The van der Waals surface area contributed by atoms with Crippen LogP contribution in [0.5, 0.6) is 5.75 Å². The van der Waals surface area contributed by atoms with Gasteiger partial charge in [0.2, 0.25) is 5.91 Å². The van der Waals surface area contributed by atoms with Crippen molar-refractivity contribution in [3.8, 4) is 5.75 Å². The number of ether oxygens (including phenoxy) is 1. The van der Waals surface area contributed by atoms with Gasteiger partial charge in [-0.2, -0.15) is 0 Å². The lowest BCUT2D eigenvalue weighted by Gasteiger charge is -2.14. The van der Waals surface area contributed by atoms with Crippen LogP contribution in [0, 0.1) is 0 Å². The first kappa shape index (κ1) is 20.3. The average Bonchev–Trinajstić information content (AvgIpc) is 2.61. The molecule has 0 aliphatic heterocycles. The maximum absolute atomic E-state index is 12.0. The van der Waals surface area contributed by atoms with Crippen LogP contribution in [0.25, 0.3) is 0 Å². The van der Waals surface area contributed by atoms with Crippen LogP contribution in [-0.2, 0) is 17.0 Å². The molecule has 2 aromatic rings.